The molecule has 0 aromatic rings. The third-order valence-corrected chi connectivity index (χ3v) is 5.79. The fourth-order valence-corrected chi connectivity index (χ4v) is 4.67. The molecule has 0 aliphatic carbocycles. The first-order valence-corrected chi connectivity index (χ1v) is 8.19. The molecule has 2 N–H and O–H groups in total. The minimum atomic E-state index is 0.0491. The summed E-state index contributed by atoms with van der Waals surface area (Å²) in [6, 6.07) is 0.0491. The molecule has 0 aromatic heterocycles. The lowest BCUT2D eigenvalue weighted by Crippen LogP contribution is -2.56. The van der Waals surface area contributed by atoms with E-state index in [9.17, 15) is 4.79 Å². The Morgan fingerprint density at radius 3 is 2.78 bits per heavy atom. The van der Waals surface area contributed by atoms with Gasteiger partial charge in [0.05, 0.1) is 10.9 Å². The third kappa shape index (κ3) is 2.53. The second-order valence-electron chi connectivity index (χ2n) is 5.67. The Labute approximate surface area is 113 Å². The van der Waals surface area contributed by atoms with E-state index in [0.29, 0.717) is 5.91 Å². The van der Waals surface area contributed by atoms with Crippen molar-refractivity contribution in [2.24, 2.45) is 0 Å². The van der Waals surface area contributed by atoms with E-state index >= 15 is 0 Å². The van der Waals surface area contributed by atoms with E-state index in [0.717, 1.165) is 31.9 Å². The first kappa shape index (κ1) is 12.8. The maximum Gasteiger partial charge on any atom is 0.240 e. The highest BCUT2D eigenvalue weighted by Gasteiger charge is 2.43. The van der Waals surface area contributed by atoms with E-state index in [1.165, 1.54) is 32.1 Å². The fourth-order valence-electron chi connectivity index (χ4n) is 3.24. The molecule has 3 saturated heterocycles. The van der Waals surface area contributed by atoms with Gasteiger partial charge in [-0.15, -0.1) is 11.8 Å². The van der Waals surface area contributed by atoms with Crippen LogP contribution in [0.1, 0.15) is 32.1 Å². The molecule has 3 fully saturated rings. The summed E-state index contributed by atoms with van der Waals surface area (Å²) in [7, 11) is 0. The van der Waals surface area contributed by atoms with Crippen molar-refractivity contribution in [3.8, 4) is 0 Å². The van der Waals surface area contributed by atoms with Crippen LogP contribution in [0.25, 0.3) is 0 Å². The summed E-state index contributed by atoms with van der Waals surface area (Å²) in [5, 5.41) is 7.06. The number of nitrogens with one attached hydrogen (secondary N) is 2. The zero-order chi connectivity index (χ0) is 12.4. The molecule has 3 aliphatic rings. The van der Waals surface area contributed by atoms with E-state index < -0.39 is 0 Å². The van der Waals surface area contributed by atoms with Crippen LogP contribution >= 0.6 is 11.8 Å². The first-order valence-electron chi connectivity index (χ1n) is 7.20. The summed E-state index contributed by atoms with van der Waals surface area (Å²) in [4.78, 5) is 14.7. The highest BCUT2D eigenvalue weighted by molar-refractivity contribution is 8.01. The van der Waals surface area contributed by atoms with Crippen LogP contribution in [0.3, 0.4) is 0 Å². The van der Waals surface area contributed by atoms with E-state index in [1.54, 1.807) is 0 Å². The number of amides is 1. The Kier molecular flexibility index (Phi) is 3.82. The maximum atomic E-state index is 12.5. The Balaban J connectivity index is 1.59. The molecule has 18 heavy (non-hydrogen) atoms. The topological polar surface area (TPSA) is 44.4 Å². The van der Waals surface area contributed by atoms with E-state index in [-0.39, 0.29) is 10.9 Å². The lowest BCUT2D eigenvalue weighted by molar-refractivity contribution is -0.133. The van der Waals surface area contributed by atoms with Crippen LogP contribution in [-0.4, -0.2) is 53.7 Å². The Hall–Kier alpha value is -0.260. The zero-order valence-electron chi connectivity index (χ0n) is 10.9. The number of hydrogen-bond donors (Lipinski definition) is 2. The van der Waals surface area contributed by atoms with Gasteiger partial charge in [-0.3, -0.25) is 10.1 Å². The van der Waals surface area contributed by atoms with Crippen LogP contribution in [0.4, 0.5) is 0 Å². The SMILES string of the molecule is O=C([C@@H]1CSC2(CCCNC2)N1)N1CCCCC1. The number of likely N-dealkylation sites (tertiary alicyclic amines) is 1. The van der Waals surface area contributed by atoms with Crippen molar-refractivity contribution in [1.82, 2.24) is 15.5 Å². The van der Waals surface area contributed by atoms with Crippen LogP contribution in [0, 0.1) is 0 Å². The summed E-state index contributed by atoms with van der Waals surface area (Å²) >= 11 is 1.94. The van der Waals surface area contributed by atoms with E-state index in [2.05, 4.69) is 15.5 Å². The van der Waals surface area contributed by atoms with Gasteiger partial charge in [-0.1, -0.05) is 0 Å². The average Bonchev–Trinajstić information content (AvgIpc) is 2.83. The van der Waals surface area contributed by atoms with Crippen molar-refractivity contribution in [1.29, 1.82) is 0 Å². The number of carbonyl (C=O) groups is 1. The highest BCUT2D eigenvalue weighted by atomic mass is 32.2. The van der Waals surface area contributed by atoms with Crippen molar-refractivity contribution >= 4 is 17.7 Å². The number of piperidine rings is 2. The second-order valence-corrected chi connectivity index (χ2v) is 7.07. The van der Waals surface area contributed by atoms with Gasteiger partial charge in [0.25, 0.3) is 0 Å². The summed E-state index contributed by atoms with van der Waals surface area (Å²) in [6.45, 7) is 4.05. The molecule has 1 spiro atoms. The summed E-state index contributed by atoms with van der Waals surface area (Å²) in [5.74, 6) is 1.28. The lowest BCUT2D eigenvalue weighted by atomic mass is 10.1. The number of nitrogens with zero attached hydrogens (tertiary/aromatic N) is 1. The lowest BCUT2D eigenvalue weighted by Gasteiger charge is -2.35. The van der Waals surface area contributed by atoms with Gasteiger partial charge in [-0.05, 0) is 38.6 Å². The van der Waals surface area contributed by atoms with Gasteiger partial charge < -0.3 is 10.2 Å². The molecule has 3 heterocycles. The first-order chi connectivity index (χ1) is 8.79. The van der Waals surface area contributed by atoms with Crippen LogP contribution in [0.5, 0.6) is 0 Å². The van der Waals surface area contributed by atoms with Gasteiger partial charge in [-0.25, -0.2) is 0 Å². The standard InChI is InChI=1S/C13H23N3OS/c17-12(16-7-2-1-3-8-16)11-9-18-13(15-11)5-4-6-14-10-13/h11,14-15H,1-10H2/t11-,13?/m0/s1. The molecule has 1 amide bonds. The number of carbonyl (C=O) groups excluding carboxylic acids is 1. The van der Waals surface area contributed by atoms with Gasteiger partial charge in [0, 0.05) is 25.4 Å². The predicted molar refractivity (Wildman–Crippen MR) is 74.6 cm³/mol. The normalized spacial score (nSPS) is 37.1. The maximum absolute atomic E-state index is 12.5. The number of rotatable bonds is 1. The molecule has 3 rings (SSSR count). The molecule has 2 atom stereocenters. The van der Waals surface area contributed by atoms with Crippen molar-refractivity contribution in [3.05, 3.63) is 0 Å². The van der Waals surface area contributed by atoms with Crippen molar-refractivity contribution in [3.63, 3.8) is 0 Å². The zero-order valence-corrected chi connectivity index (χ0v) is 11.7. The molecule has 1 unspecified atom stereocenters. The molecule has 102 valence electrons. The molecular weight excluding hydrogens is 246 g/mol. The van der Waals surface area contributed by atoms with Crippen molar-refractivity contribution < 1.29 is 4.79 Å². The fraction of sp³-hybridized carbons (Fsp3) is 0.923. The highest BCUT2D eigenvalue weighted by Crippen LogP contribution is 2.36. The van der Waals surface area contributed by atoms with Crippen molar-refractivity contribution in [2.45, 2.75) is 43.0 Å². The van der Waals surface area contributed by atoms with Crippen LogP contribution < -0.4 is 10.6 Å². The van der Waals surface area contributed by atoms with Gasteiger partial charge >= 0.3 is 0 Å². The minimum Gasteiger partial charge on any atom is -0.341 e. The molecule has 0 aromatic carbocycles. The molecule has 0 bridgehead atoms. The van der Waals surface area contributed by atoms with Gasteiger partial charge in [0.2, 0.25) is 5.91 Å². The molecule has 3 aliphatic heterocycles. The van der Waals surface area contributed by atoms with Gasteiger partial charge in [0.15, 0.2) is 0 Å². The molecule has 5 heteroatoms. The minimum absolute atomic E-state index is 0.0491. The quantitative estimate of drug-likeness (QED) is 0.738. The summed E-state index contributed by atoms with van der Waals surface area (Å²) in [5.41, 5.74) is 0. The molecular formula is C13H23N3OS. The molecule has 0 radical (unpaired) electrons. The van der Waals surface area contributed by atoms with E-state index in [1.807, 2.05) is 11.8 Å². The van der Waals surface area contributed by atoms with E-state index in [4.69, 9.17) is 0 Å². The number of thioether (sulfide) groups is 1. The summed E-state index contributed by atoms with van der Waals surface area (Å²) < 4.78 is 0. The Morgan fingerprint density at radius 2 is 2.06 bits per heavy atom. The van der Waals surface area contributed by atoms with Crippen LogP contribution in [0.15, 0.2) is 0 Å². The van der Waals surface area contributed by atoms with Gasteiger partial charge in [-0.2, -0.15) is 0 Å². The monoisotopic (exact) mass is 269 g/mol. The van der Waals surface area contributed by atoms with Crippen LogP contribution in [-0.2, 0) is 4.79 Å². The van der Waals surface area contributed by atoms with Gasteiger partial charge in [0.1, 0.15) is 0 Å². The third-order valence-electron chi connectivity index (χ3n) is 4.27. The largest absolute Gasteiger partial charge is 0.341 e. The Bertz CT molecular complexity index is 311. The Morgan fingerprint density at radius 1 is 1.22 bits per heavy atom. The molecule has 0 saturated carbocycles. The molecule has 4 nitrogen and oxygen atoms in total. The van der Waals surface area contributed by atoms with Crippen LogP contribution in [0.2, 0.25) is 0 Å². The number of hydrogen-bond acceptors (Lipinski definition) is 4. The summed E-state index contributed by atoms with van der Waals surface area (Å²) in [6.07, 6.45) is 6.04. The smallest absolute Gasteiger partial charge is 0.240 e. The average molecular weight is 269 g/mol. The second kappa shape index (κ2) is 5.39. The predicted octanol–water partition coefficient (Wildman–Crippen LogP) is 0.784. The van der Waals surface area contributed by atoms with Crippen molar-refractivity contribution in [2.75, 3.05) is 31.9 Å².